The van der Waals surface area contributed by atoms with E-state index in [2.05, 4.69) is 5.32 Å². The summed E-state index contributed by atoms with van der Waals surface area (Å²) in [6, 6.07) is 7.47. The van der Waals surface area contributed by atoms with Crippen LogP contribution in [0.25, 0.3) is 0 Å². The zero-order chi connectivity index (χ0) is 14.9. The predicted molar refractivity (Wildman–Crippen MR) is 79.5 cm³/mol. The van der Waals surface area contributed by atoms with E-state index >= 15 is 0 Å². The molecule has 1 heterocycles. The molecule has 2 rings (SSSR count). The van der Waals surface area contributed by atoms with Gasteiger partial charge >= 0.3 is 0 Å². The molecule has 2 amide bonds. The van der Waals surface area contributed by atoms with Crippen LogP contribution in [-0.2, 0) is 9.59 Å². The van der Waals surface area contributed by atoms with Gasteiger partial charge in [0.2, 0.25) is 11.8 Å². The summed E-state index contributed by atoms with van der Waals surface area (Å²) in [5.41, 5.74) is 1.59. The van der Waals surface area contributed by atoms with E-state index in [1.54, 1.807) is 4.90 Å². The third kappa shape index (κ3) is 3.00. The Kier molecular flexibility index (Phi) is 3.84. The van der Waals surface area contributed by atoms with Gasteiger partial charge in [0, 0.05) is 17.6 Å². The summed E-state index contributed by atoms with van der Waals surface area (Å²) < 4.78 is 0. The smallest absolute Gasteiger partial charge is 0.249 e. The molecule has 0 radical (unpaired) electrons. The van der Waals surface area contributed by atoms with Crippen molar-refractivity contribution in [2.45, 2.75) is 40.2 Å². The first-order chi connectivity index (χ1) is 9.29. The SMILES string of the molecule is Cc1ccc(N2CC[C@@H](NC(=O)C(C)(C)C)C2=O)cc1. The molecule has 1 aliphatic heterocycles. The van der Waals surface area contributed by atoms with Crippen LogP contribution in [0.15, 0.2) is 24.3 Å². The van der Waals surface area contributed by atoms with Crippen molar-refractivity contribution in [1.82, 2.24) is 5.32 Å². The lowest BCUT2D eigenvalue weighted by Gasteiger charge is -2.21. The molecule has 0 saturated carbocycles. The molecule has 0 aliphatic carbocycles. The quantitative estimate of drug-likeness (QED) is 0.899. The summed E-state index contributed by atoms with van der Waals surface area (Å²) in [6.07, 6.45) is 0.661. The summed E-state index contributed by atoms with van der Waals surface area (Å²) >= 11 is 0. The number of carbonyl (C=O) groups excluding carboxylic acids is 2. The fraction of sp³-hybridized carbons (Fsp3) is 0.500. The zero-order valence-corrected chi connectivity index (χ0v) is 12.6. The Labute approximate surface area is 120 Å². The van der Waals surface area contributed by atoms with Crippen molar-refractivity contribution in [1.29, 1.82) is 0 Å². The van der Waals surface area contributed by atoms with Gasteiger partial charge in [-0.2, -0.15) is 0 Å². The fourth-order valence-electron chi connectivity index (χ4n) is 2.17. The van der Waals surface area contributed by atoms with Crippen LogP contribution in [0.3, 0.4) is 0 Å². The van der Waals surface area contributed by atoms with Gasteiger partial charge in [0.25, 0.3) is 0 Å². The van der Waals surface area contributed by atoms with Gasteiger partial charge in [0.1, 0.15) is 6.04 Å². The number of benzene rings is 1. The first-order valence-corrected chi connectivity index (χ1v) is 6.98. The molecule has 4 nitrogen and oxygen atoms in total. The molecule has 1 atom stereocenters. The molecular formula is C16H22N2O2. The van der Waals surface area contributed by atoms with Crippen LogP contribution in [0.5, 0.6) is 0 Å². The van der Waals surface area contributed by atoms with Crippen molar-refractivity contribution >= 4 is 17.5 Å². The number of rotatable bonds is 2. The minimum Gasteiger partial charge on any atom is -0.344 e. The van der Waals surface area contributed by atoms with Crippen LogP contribution in [-0.4, -0.2) is 24.4 Å². The third-order valence-corrected chi connectivity index (χ3v) is 3.54. The van der Waals surface area contributed by atoms with Gasteiger partial charge in [-0.3, -0.25) is 9.59 Å². The van der Waals surface area contributed by atoms with Crippen molar-refractivity contribution < 1.29 is 9.59 Å². The van der Waals surface area contributed by atoms with Gasteiger partial charge in [0.15, 0.2) is 0 Å². The van der Waals surface area contributed by atoms with Crippen molar-refractivity contribution in [3.8, 4) is 0 Å². The van der Waals surface area contributed by atoms with E-state index in [1.165, 1.54) is 0 Å². The number of hydrogen-bond donors (Lipinski definition) is 1. The largest absolute Gasteiger partial charge is 0.344 e. The second-order valence-corrected chi connectivity index (χ2v) is 6.39. The van der Waals surface area contributed by atoms with Gasteiger partial charge in [-0.15, -0.1) is 0 Å². The Morgan fingerprint density at radius 1 is 1.25 bits per heavy atom. The van der Waals surface area contributed by atoms with Crippen LogP contribution < -0.4 is 10.2 Å². The monoisotopic (exact) mass is 274 g/mol. The molecule has 1 aromatic carbocycles. The average molecular weight is 274 g/mol. The number of carbonyl (C=O) groups is 2. The average Bonchev–Trinajstić information content (AvgIpc) is 2.71. The van der Waals surface area contributed by atoms with Crippen LogP contribution in [0.4, 0.5) is 5.69 Å². The molecule has 0 aromatic heterocycles. The minimum absolute atomic E-state index is 0.0218. The molecule has 0 unspecified atom stereocenters. The normalized spacial score (nSPS) is 19.3. The highest BCUT2D eigenvalue weighted by molar-refractivity contribution is 6.01. The fourth-order valence-corrected chi connectivity index (χ4v) is 2.17. The second kappa shape index (κ2) is 5.27. The summed E-state index contributed by atoms with van der Waals surface area (Å²) in [5, 5.41) is 2.85. The zero-order valence-electron chi connectivity index (χ0n) is 12.6. The van der Waals surface area contributed by atoms with E-state index in [0.717, 1.165) is 11.3 Å². The van der Waals surface area contributed by atoms with E-state index in [-0.39, 0.29) is 11.8 Å². The molecule has 4 heteroatoms. The van der Waals surface area contributed by atoms with Crippen molar-refractivity contribution in [3.05, 3.63) is 29.8 Å². The Bertz CT molecular complexity index is 514. The van der Waals surface area contributed by atoms with Gasteiger partial charge in [0.05, 0.1) is 0 Å². The van der Waals surface area contributed by atoms with Crippen molar-refractivity contribution in [2.24, 2.45) is 5.41 Å². The second-order valence-electron chi connectivity index (χ2n) is 6.39. The first kappa shape index (κ1) is 14.6. The van der Waals surface area contributed by atoms with Crippen LogP contribution >= 0.6 is 0 Å². The maximum Gasteiger partial charge on any atom is 0.249 e. The predicted octanol–water partition coefficient (Wildman–Crippen LogP) is 2.26. The Morgan fingerprint density at radius 3 is 2.40 bits per heavy atom. The molecule has 20 heavy (non-hydrogen) atoms. The number of nitrogens with one attached hydrogen (secondary N) is 1. The number of anilines is 1. The van der Waals surface area contributed by atoms with Crippen LogP contribution in [0.2, 0.25) is 0 Å². The van der Waals surface area contributed by atoms with Gasteiger partial charge in [-0.25, -0.2) is 0 Å². The van der Waals surface area contributed by atoms with Gasteiger partial charge < -0.3 is 10.2 Å². The van der Waals surface area contributed by atoms with E-state index < -0.39 is 11.5 Å². The maximum absolute atomic E-state index is 12.4. The van der Waals surface area contributed by atoms with Crippen molar-refractivity contribution in [2.75, 3.05) is 11.4 Å². The summed E-state index contributed by atoms with van der Waals surface area (Å²) in [4.78, 5) is 26.1. The lowest BCUT2D eigenvalue weighted by Crippen LogP contribution is -2.45. The molecule has 1 aliphatic rings. The topological polar surface area (TPSA) is 49.4 Å². The Hall–Kier alpha value is -1.84. The molecule has 1 N–H and O–H groups in total. The molecule has 1 fully saturated rings. The number of nitrogens with zero attached hydrogens (tertiary/aromatic N) is 1. The Balaban J connectivity index is 2.06. The highest BCUT2D eigenvalue weighted by atomic mass is 16.2. The first-order valence-electron chi connectivity index (χ1n) is 6.98. The number of amides is 2. The lowest BCUT2D eigenvalue weighted by molar-refractivity contribution is -0.131. The molecule has 0 spiro atoms. The third-order valence-electron chi connectivity index (χ3n) is 3.54. The minimum atomic E-state index is -0.475. The molecule has 1 aromatic rings. The molecule has 1 saturated heterocycles. The highest BCUT2D eigenvalue weighted by Crippen LogP contribution is 2.23. The summed E-state index contributed by atoms with van der Waals surface area (Å²) in [6.45, 7) is 8.21. The van der Waals surface area contributed by atoms with Gasteiger partial charge in [-0.1, -0.05) is 38.5 Å². The summed E-state index contributed by atoms with van der Waals surface area (Å²) in [7, 11) is 0. The van der Waals surface area contributed by atoms with E-state index in [0.29, 0.717) is 13.0 Å². The van der Waals surface area contributed by atoms with Gasteiger partial charge in [-0.05, 0) is 25.5 Å². The Morgan fingerprint density at radius 2 is 1.85 bits per heavy atom. The molecule has 108 valence electrons. The number of aryl methyl sites for hydroxylation is 1. The van der Waals surface area contributed by atoms with Crippen LogP contribution in [0, 0.1) is 12.3 Å². The van der Waals surface area contributed by atoms with Crippen LogP contribution in [0.1, 0.15) is 32.8 Å². The van der Waals surface area contributed by atoms with Crippen molar-refractivity contribution in [3.63, 3.8) is 0 Å². The summed E-state index contributed by atoms with van der Waals surface area (Å²) in [5.74, 6) is -0.104. The van der Waals surface area contributed by atoms with E-state index in [9.17, 15) is 9.59 Å². The van der Waals surface area contributed by atoms with E-state index in [4.69, 9.17) is 0 Å². The van der Waals surface area contributed by atoms with E-state index in [1.807, 2.05) is 52.0 Å². The maximum atomic E-state index is 12.4. The standard InChI is InChI=1S/C16H22N2O2/c1-11-5-7-12(8-6-11)18-10-9-13(14(18)19)17-15(20)16(2,3)4/h5-8,13H,9-10H2,1-4H3,(H,17,20)/t13-/m1/s1. The molecule has 0 bridgehead atoms. The highest BCUT2D eigenvalue weighted by Gasteiger charge is 2.35. The molecular weight excluding hydrogens is 252 g/mol. The lowest BCUT2D eigenvalue weighted by atomic mass is 9.95. The number of hydrogen-bond acceptors (Lipinski definition) is 2.